The lowest BCUT2D eigenvalue weighted by atomic mass is 11.1. The van der Waals surface area contributed by atoms with Crippen molar-refractivity contribution in [2.45, 2.75) is 15.5 Å². The van der Waals surface area contributed by atoms with E-state index in [0.717, 1.165) is 0 Å². The molecule has 0 saturated carbocycles. The fourth-order valence-corrected chi connectivity index (χ4v) is 2.02. The quantitative estimate of drug-likeness (QED) is 0.498. The van der Waals surface area contributed by atoms with Gasteiger partial charge in [0, 0.05) is 0 Å². The topological polar surface area (TPSA) is 210 Å². The van der Waals surface area contributed by atoms with Gasteiger partial charge in [0.1, 0.15) is 0 Å². The van der Waals surface area contributed by atoms with Crippen LogP contribution in [0.4, 0.5) is 0 Å². The van der Waals surface area contributed by atoms with Crippen LogP contribution in [0.5, 0.6) is 0 Å². The average molecular weight is 318 g/mol. The van der Waals surface area contributed by atoms with E-state index < -0.39 is 45.8 Å². The van der Waals surface area contributed by atoms with E-state index in [1.54, 1.807) is 0 Å². The Labute approximate surface area is 100.0 Å². The summed E-state index contributed by atoms with van der Waals surface area (Å²) in [4.78, 5) is 7.39. The SMILES string of the molecule is O=S(=O)([O-])c1nc(S(=O)(=O)[O-])nc(S(=O)(=O)[O-])n1. The Morgan fingerprint density at radius 2 is 0.722 bits per heavy atom. The highest BCUT2D eigenvalue weighted by Crippen LogP contribution is 2.10. The van der Waals surface area contributed by atoms with Crippen LogP contribution in [0.15, 0.2) is 15.5 Å². The van der Waals surface area contributed by atoms with E-state index in [-0.39, 0.29) is 0 Å². The molecule has 12 nitrogen and oxygen atoms in total. The molecule has 0 spiro atoms. The van der Waals surface area contributed by atoms with Gasteiger partial charge in [-0.1, -0.05) is 0 Å². The van der Waals surface area contributed by atoms with E-state index in [0.29, 0.717) is 0 Å². The molecule has 18 heavy (non-hydrogen) atoms. The number of aromatic nitrogens is 3. The van der Waals surface area contributed by atoms with Gasteiger partial charge < -0.3 is 13.7 Å². The predicted molar refractivity (Wildman–Crippen MR) is 43.7 cm³/mol. The summed E-state index contributed by atoms with van der Waals surface area (Å²) in [5.74, 6) is 0. The van der Waals surface area contributed by atoms with Crippen molar-refractivity contribution in [1.82, 2.24) is 15.0 Å². The Hall–Kier alpha value is -1.26. The second-order valence-corrected chi connectivity index (χ2v) is 6.37. The second-order valence-electron chi connectivity index (χ2n) is 2.55. The summed E-state index contributed by atoms with van der Waals surface area (Å²) in [6.07, 6.45) is 0. The normalized spacial score (nSPS) is 13.5. The highest BCUT2D eigenvalue weighted by Gasteiger charge is 2.18. The lowest BCUT2D eigenvalue weighted by Gasteiger charge is -2.12. The molecule has 1 heterocycles. The van der Waals surface area contributed by atoms with Crippen molar-refractivity contribution in [2.24, 2.45) is 0 Å². The molecule has 0 N–H and O–H groups in total. The first kappa shape index (κ1) is 14.8. The van der Waals surface area contributed by atoms with Crippen LogP contribution in [0.3, 0.4) is 0 Å². The summed E-state index contributed by atoms with van der Waals surface area (Å²) < 4.78 is 94.4. The lowest BCUT2D eigenvalue weighted by Crippen LogP contribution is -2.17. The minimum atomic E-state index is -5.49. The van der Waals surface area contributed by atoms with Gasteiger partial charge in [0.05, 0.1) is 0 Å². The van der Waals surface area contributed by atoms with Crippen molar-refractivity contribution >= 4 is 30.4 Å². The third-order valence-electron chi connectivity index (χ3n) is 1.24. The molecule has 0 aliphatic carbocycles. The van der Waals surface area contributed by atoms with Crippen molar-refractivity contribution in [3.63, 3.8) is 0 Å². The van der Waals surface area contributed by atoms with Gasteiger partial charge in [-0.25, -0.2) is 25.3 Å². The van der Waals surface area contributed by atoms with E-state index in [4.69, 9.17) is 0 Å². The van der Waals surface area contributed by atoms with Crippen LogP contribution in [-0.2, 0) is 30.4 Å². The van der Waals surface area contributed by atoms with Crippen LogP contribution in [0.1, 0.15) is 0 Å². The zero-order chi connectivity index (χ0) is 14.4. The van der Waals surface area contributed by atoms with Gasteiger partial charge >= 0.3 is 0 Å². The van der Waals surface area contributed by atoms with Crippen LogP contribution in [-0.4, -0.2) is 53.9 Å². The third kappa shape index (κ3) is 3.37. The molecule has 0 amide bonds. The molecular formula is C3N3O9S3-3. The molecule has 0 unspecified atom stereocenters. The van der Waals surface area contributed by atoms with E-state index >= 15 is 0 Å². The molecule has 0 saturated heterocycles. The summed E-state index contributed by atoms with van der Waals surface area (Å²) in [7, 11) is -16.5. The van der Waals surface area contributed by atoms with Crippen molar-refractivity contribution in [1.29, 1.82) is 0 Å². The standard InChI is InChI=1S/C3H3N3O9S3/c7-16(8,9)1-4-2(17(10,11)12)6-3(5-1)18(13,14)15/h(H,7,8,9)(H,10,11,12)(H,13,14,15)/p-3. The number of rotatable bonds is 3. The predicted octanol–water partition coefficient (Wildman–Crippen LogP) is -3.42. The first-order valence-electron chi connectivity index (χ1n) is 3.45. The van der Waals surface area contributed by atoms with Gasteiger partial charge in [0.25, 0.3) is 0 Å². The highest BCUT2D eigenvalue weighted by atomic mass is 32.2. The summed E-state index contributed by atoms with van der Waals surface area (Å²) >= 11 is 0. The fraction of sp³-hybridized carbons (Fsp3) is 0. The maximum Gasteiger partial charge on any atom is 0.239 e. The molecule has 1 aromatic heterocycles. The monoisotopic (exact) mass is 318 g/mol. The van der Waals surface area contributed by atoms with Gasteiger partial charge in [-0.05, 0) is 0 Å². The summed E-state index contributed by atoms with van der Waals surface area (Å²) in [5, 5.41) is -5.58. The zero-order valence-corrected chi connectivity index (χ0v) is 10.2. The van der Waals surface area contributed by atoms with Gasteiger partial charge in [0.15, 0.2) is 30.4 Å². The van der Waals surface area contributed by atoms with Gasteiger partial charge in [-0.2, -0.15) is 15.0 Å². The van der Waals surface area contributed by atoms with E-state index in [1.165, 1.54) is 0 Å². The molecule has 0 atom stereocenters. The van der Waals surface area contributed by atoms with Crippen LogP contribution < -0.4 is 0 Å². The highest BCUT2D eigenvalue weighted by molar-refractivity contribution is 7.86. The largest absolute Gasteiger partial charge is 0.742 e. The molecule has 0 aliphatic rings. The van der Waals surface area contributed by atoms with Gasteiger partial charge in [-0.15, -0.1) is 0 Å². The molecule has 0 bridgehead atoms. The first-order valence-corrected chi connectivity index (χ1v) is 7.68. The summed E-state index contributed by atoms with van der Waals surface area (Å²) in [6, 6.07) is 0. The number of nitrogens with zero attached hydrogens (tertiary/aromatic N) is 3. The molecular weight excluding hydrogens is 318 g/mol. The van der Waals surface area contributed by atoms with Crippen LogP contribution >= 0.6 is 0 Å². The van der Waals surface area contributed by atoms with Crippen LogP contribution in [0, 0.1) is 0 Å². The van der Waals surface area contributed by atoms with Crippen molar-refractivity contribution < 1.29 is 38.9 Å². The lowest BCUT2D eigenvalue weighted by molar-refractivity contribution is 0.427. The van der Waals surface area contributed by atoms with E-state index in [9.17, 15) is 38.9 Å². The molecule has 0 radical (unpaired) electrons. The first-order chi connectivity index (χ1) is 7.82. The van der Waals surface area contributed by atoms with Gasteiger partial charge in [-0.3, -0.25) is 0 Å². The molecule has 0 fully saturated rings. The smallest absolute Gasteiger partial charge is 0.239 e. The molecule has 102 valence electrons. The summed E-state index contributed by atoms with van der Waals surface area (Å²) in [5.41, 5.74) is 0. The van der Waals surface area contributed by atoms with E-state index in [2.05, 4.69) is 15.0 Å². The second kappa shape index (κ2) is 4.14. The third-order valence-corrected chi connectivity index (χ3v) is 3.13. The zero-order valence-electron chi connectivity index (χ0n) is 7.74. The minimum Gasteiger partial charge on any atom is -0.742 e. The average Bonchev–Trinajstić information content (AvgIpc) is 2.13. The maximum atomic E-state index is 10.5. The van der Waals surface area contributed by atoms with Crippen LogP contribution in [0.25, 0.3) is 0 Å². The molecule has 1 aromatic rings. The van der Waals surface area contributed by atoms with Crippen molar-refractivity contribution in [3.05, 3.63) is 0 Å². The minimum absolute atomic E-state index is 1.86. The Bertz CT molecular complexity index is 669. The number of hydrogen-bond acceptors (Lipinski definition) is 12. The maximum absolute atomic E-state index is 10.5. The molecule has 1 rings (SSSR count). The Morgan fingerprint density at radius 3 is 0.833 bits per heavy atom. The summed E-state index contributed by atoms with van der Waals surface area (Å²) in [6.45, 7) is 0. The Balaban J connectivity index is 3.82. The van der Waals surface area contributed by atoms with Gasteiger partial charge in [0.2, 0.25) is 15.5 Å². The molecule has 0 aromatic carbocycles. The van der Waals surface area contributed by atoms with E-state index in [1.807, 2.05) is 0 Å². The van der Waals surface area contributed by atoms with Crippen LogP contribution in [0.2, 0.25) is 0 Å². The Morgan fingerprint density at radius 1 is 0.556 bits per heavy atom. The van der Waals surface area contributed by atoms with Crippen molar-refractivity contribution in [3.8, 4) is 0 Å². The Kier molecular flexibility index (Phi) is 3.40. The van der Waals surface area contributed by atoms with Crippen molar-refractivity contribution in [2.75, 3.05) is 0 Å². The fourth-order valence-electron chi connectivity index (χ4n) is 0.656. The molecule has 15 heteroatoms. The molecule has 0 aliphatic heterocycles. The number of hydrogen-bond donors (Lipinski definition) is 0.